The number of hydrogen-bond acceptors (Lipinski definition) is 4. The number of anilines is 2. The summed E-state index contributed by atoms with van der Waals surface area (Å²) in [5.74, 6) is 0. The molecule has 19 heavy (non-hydrogen) atoms. The third-order valence-electron chi connectivity index (χ3n) is 2.80. The third kappa shape index (κ3) is 2.60. The summed E-state index contributed by atoms with van der Waals surface area (Å²) in [6.07, 6.45) is 1.45. The first kappa shape index (κ1) is 13.5. The van der Waals surface area contributed by atoms with Crippen molar-refractivity contribution >= 4 is 46.5 Å². The van der Waals surface area contributed by atoms with Crippen LogP contribution < -0.4 is 11.5 Å². The SMILES string of the molecule is Nc1ccc(C=O)c(-c2cc(I)cc(C=O)c2N)c1. The Labute approximate surface area is 123 Å². The molecule has 0 unspecified atom stereocenters. The molecule has 5 heteroatoms. The number of hydrogen-bond donors (Lipinski definition) is 2. The van der Waals surface area contributed by atoms with Crippen LogP contribution in [0, 0.1) is 3.57 Å². The van der Waals surface area contributed by atoms with Crippen LogP contribution >= 0.6 is 22.6 Å². The summed E-state index contributed by atoms with van der Waals surface area (Å²) in [6, 6.07) is 8.49. The molecule has 0 spiro atoms. The smallest absolute Gasteiger partial charge is 0.152 e. The lowest BCUT2D eigenvalue weighted by Gasteiger charge is -2.12. The zero-order valence-corrected chi connectivity index (χ0v) is 12.0. The number of rotatable bonds is 3. The first-order chi connectivity index (χ1) is 9.06. The van der Waals surface area contributed by atoms with Crippen molar-refractivity contribution in [2.45, 2.75) is 0 Å². The summed E-state index contributed by atoms with van der Waals surface area (Å²) < 4.78 is 0.864. The molecule has 0 radical (unpaired) electrons. The Morgan fingerprint density at radius 2 is 1.58 bits per heavy atom. The molecule has 0 atom stereocenters. The Morgan fingerprint density at radius 3 is 2.21 bits per heavy atom. The molecule has 2 aromatic carbocycles. The lowest BCUT2D eigenvalue weighted by Crippen LogP contribution is -2.00. The van der Waals surface area contributed by atoms with Crippen molar-refractivity contribution < 1.29 is 9.59 Å². The van der Waals surface area contributed by atoms with Crippen LogP contribution in [-0.2, 0) is 0 Å². The summed E-state index contributed by atoms with van der Waals surface area (Å²) in [5.41, 5.74) is 14.8. The molecule has 96 valence electrons. The quantitative estimate of drug-likeness (QED) is 0.497. The molecule has 0 saturated carbocycles. The standard InChI is InChI=1S/C14H11IN2O2/c15-10-3-9(7-19)14(17)13(4-10)12-5-11(16)2-1-8(12)6-18/h1-7H,16-17H2. The highest BCUT2D eigenvalue weighted by Gasteiger charge is 2.12. The summed E-state index contributed by atoms with van der Waals surface area (Å²) in [6.45, 7) is 0. The normalized spacial score (nSPS) is 10.2. The summed E-state index contributed by atoms with van der Waals surface area (Å²) in [7, 11) is 0. The molecule has 4 nitrogen and oxygen atoms in total. The maximum atomic E-state index is 11.1. The van der Waals surface area contributed by atoms with Gasteiger partial charge in [0, 0.05) is 25.9 Å². The van der Waals surface area contributed by atoms with E-state index < -0.39 is 0 Å². The van der Waals surface area contributed by atoms with E-state index in [4.69, 9.17) is 11.5 Å². The van der Waals surface area contributed by atoms with Crippen molar-refractivity contribution in [2.75, 3.05) is 11.5 Å². The van der Waals surface area contributed by atoms with Gasteiger partial charge in [-0.25, -0.2) is 0 Å². The molecule has 0 aromatic heterocycles. The Hall–Kier alpha value is -1.89. The number of benzene rings is 2. The topological polar surface area (TPSA) is 86.2 Å². The summed E-state index contributed by atoms with van der Waals surface area (Å²) >= 11 is 2.10. The number of nitrogens with two attached hydrogens (primary N) is 2. The van der Waals surface area contributed by atoms with Crippen LogP contribution in [0.25, 0.3) is 11.1 Å². The van der Waals surface area contributed by atoms with E-state index in [2.05, 4.69) is 22.6 Å². The summed E-state index contributed by atoms with van der Waals surface area (Å²) in [4.78, 5) is 22.1. The molecular formula is C14H11IN2O2. The molecule has 4 N–H and O–H groups in total. The zero-order chi connectivity index (χ0) is 14.0. The third-order valence-corrected chi connectivity index (χ3v) is 3.42. The average Bonchev–Trinajstić information content (AvgIpc) is 2.41. The van der Waals surface area contributed by atoms with E-state index in [9.17, 15) is 9.59 Å². The van der Waals surface area contributed by atoms with Crippen molar-refractivity contribution in [3.63, 3.8) is 0 Å². The second kappa shape index (κ2) is 5.40. The molecule has 0 aliphatic carbocycles. The average molecular weight is 366 g/mol. The molecule has 0 aliphatic rings. The molecule has 2 aromatic rings. The molecule has 0 fully saturated rings. The van der Waals surface area contributed by atoms with Gasteiger partial charge in [0.15, 0.2) is 12.6 Å². The first-order valence-electron chi connectivity index (χ1n) is 5.46. The molecule has 0 amide bonds. The van der Waals surface area contributed by atoms with E-state index >= 15 is 0 Å². The Bertz CT molecular complexity index is 669. The zero-order valence-electron chi connectivity index (χ0n) is 9.89. The van der Waals surface area contributed by atoms with Crippen molar-refractivity contribution in [1.29, 1.82) is 0 Å². The Balaban J connectivity index is 2.78. The van der Waals surface area contributed by atoms with Crippen LogP contribution in [0.15, 0.2) is 30.3 Å². The predicted molar refractivity (Wildman–Crippen MR) is 84.2 cm³/mol. The van der Waals surface area contributed by atoms with Crippen LogP contribution in [0.5, 0.6) is 0 Å². The van der Waals surface area contributed by atoms with Gasteiger partial charge in [0.1, 0.15) is 0 Å². The van der Waals surface area contributed by atoms with Gasteiger partial charge in [0.25, 0.3) is 0 Å². The fourth-order valence-electron chi connectivity index (χ4n) is 1.87. The van der Waals surface area contributed by atoms with E-state index in [-0.39, 0.29) is 0 Å². The van der Waals surface area contributed by atoms with Gasteiger partial charge < -0.3 is 11.5 Å². The van der Waals surface area contributed by atoms with Crippen LogP contribution in [0.2, 0.25) is 0 Å². The van der Waals surface area contributed by atoms with Gasteiger partial charge >= 0.3 is 0 Å². The van der Waals surface area contributed by atoms with Crippen molar-refractivity contribution in [3.8, 4) is 11.1 Å². The van der Waals surface area contributed by atoms with Gasteiger partial charge in [-0.05, 0) is 58.5 Å². The molecule has 2 rings (SSSR count). The molecule has 0 heterocycles. The highest BCUT2D eigenvalue weighted by molar-refractivity contribution is 14.1. The predicted octanol–water partition coefficient (Wildman–Crippen LogP) is 2.75. The van der Waals surface area contributed by atoms with E-state index in [1.807, 2.05) is 6.07 Å². The van der Waals surface area contributed by atoms with Gasteiger partial charge in [0.2, 0.25) is 0 Å². The highest BCUT2D eigenvalue weighted by Crippen LogP contribution is 2.33. The molecule has 0 saturated heterocycles. The summed E-state index contributed by atoms with van der Waals surface area (Å²) in [5, 5.41) is 0. The van der Waals surface area contributed by atoms with E-state index in [0.29, 0.717) is 39.9 Å². The van der Waals surface area contributed by atoms with Crippen LogP contribution in [0.3, 0.4) is 0 Å². The van der Waals surface area contributed by atoms with Gasteiger partial charge in [-0.15, -0.1) is 0 Å². The van der Waals surface area contributed by atoms with E-state index in [0.717, 1.165) is 9.86 Å². The van der Waals surface area contributed by atoms with E-state index in [1.54, 1.807) is 24.3 Å². The number of aldehydes is 2. The van der Waals surface area contributed by atoms with Gasteiger partial charge in [-0.1, -0.05) is 0 Å². The fourth-order valence-corrected chi connectivity index (χ4v) is 2.52. The second-order valence-electron chi connectivity index (χ2n) is 4.04. The number of halogens is 1. The number of carbonyl (C=O) groups excluding carboxylic acids is 2. The lowest BCUT2D eigenvalue weighted by atomic mass is 9.96. The minimum absolute atomic E-state index is 0.351. The Morgan fingerprint density at radius 1 is 0.895 bits per heavy atom. The minimum Gasteiger partial charge on any atom is -0.399 e. The van der Waals surface area contributed by atoms with Gasteiger partial charge in [0.05, 0.1) is 5.69 Å². The lowest BCUT2D eigenvalue weighted by molar-refractivity contribution is 0.111. The van der Waals surface area contributed by atoms with Gasteiger partial charge in [-0.3, -0.25) is 9.59 Å². The van der Waals surface area contributed by atoms with Crippen molar-refractivity contribution in [3.05, 3.63) is 45.0 Å². The second-order valence-corrected chi connectivity index (χ2v) is 5.28. The molecular weight excluding hydrogens is 355 g/mol. The fraction of sp³-hybridized carbons (Fsp3) is 0. The van der Waals surface area contributed by atoms with Crippen molar-refractivity contribution in [2.24, 2.45) is 0 Å². The van der Waals surface area contributed by atoms with E-state index in [1.165, 1.54) is 0 Å². The van der Waals surface area contributed by atoms with Crippen LogP contribution in [0.1, 0.15) is 20.7 Å². The maximum absolute atomic E-state index is 11.1. The molecule has 0 aliphatic heterocycles. The first-order valence-corrected chi connectivity index (χ1v) is 6.54. The Kier molecular flexibility index (Phi) is 3.84. The highest BCUT2D eigenvalue weighted by atomic mass is 127. The van der Waals surface area contributed by atoms with Gasteiger partial charge in [-0.2, -0.15) is 0 Å². The van der Waals surface area contributed by atoms with Crippen LogP contribution in [-0.4, -0.2) is 12.6 Å². The monoisotopic (exact) mass is 366 g/mol. The molecule has 0 bridgehead atoms. The largest absolute Gasteiger partial charge is 0.399 e. The number of nitrogen functional groups attached to an aromatic ring is 2. The number of carbonyl (C=O) groups is 2. The minimum atomic E-state index is 0.351. The van der Waals surface area contributed by atoms with Crippen molar-refractivity contribution in [1.82, 2.24) is 0 Å². The van der Waals surface area contributed by atoms with Crippen LogP contribution in [0.4, 0.5) is 11.4 Å². The maximum Gasteiger partial charge on any atom is 0.152 e.